The first-order valence-electron chi connectivity index (χ1n) is 6.57. The first kappa shape index (κ1) is 12.0. The van der Waals surface area contributed by atoms with Gasteiger partial charge in [-0.05, 0) is 26.7 Å². The van der Waals surface area contributed by atoms with Gasteiger partial charge in [0.15, 0.2) is 10.8 Å². The first-order valence-corrected chi connectivity index (χ1v) is 7.45. The van der Waals surface area contributed by atoms with Gasteiger partial charge in [0.05, 0.1) is 5.69 Å². The van der Waals surface area contributed by atoms with Crippen molar-refractivity contribution >= 4 is 22.1 Å². The molecule has 1 aliphatic carbocycles. The summed E-state index contributed by atoms with van der Waals surface area (Å²) < 4.78 is 2.22. The van der Waals surface area contributed by atoms with Crippen molar-refractivity contribution in [2.45, 2.75) is 45.3 Å². The molecule has 4 nitrogen and oxygen atoms in total. The lowest BCUT2D eigenvalue weighted by Gasteiger charge is -2.22. The lowest BCUT2D eigenvalue weighted by Crippen LogP contribution is -2.28. The predicted molar refractivity (Wildman–Crippen MR) is 76.5 cm³/mol. The summed E-state index contributed by atoms with van der Waals surface area (Å²) in [5.41, 5.74) is 1.29. The predicted octanol–water partition coefficient (Wildman–Crippen LogP) is 2.49. The third-order valence-electron chi connectivity index (χ3n) is 3.58. The standard InChI is InChI=1S/C13H20N4S/c1-9(2)16(3)12-11(8-14-10-4-5-10)17-6-7-18-13(17)15-12/h6-7,9-10,14H,4-5,8H2,1-3H3. The Balaban J connectivity index is 1.94. The van der Waals surface area contributed by atoms with Crippen LogP contribution in [-0.2, 0) is 6.54 Å². The highest BCUT2D eigenvalue weighted by Crippen LogP contribution is 2.26. The molecule has 18 heavy (non-hydrogen) atoms. The first-order chi connectivity index (χ1) is 8.66. The molecular formula is C13H20N4S. The summed E-state index contributed by atoms with van der Waals surface area (Å²) in [6.45, 7) is 5.31. The van der Waals surface area contributed by atoms with Crippen LogP contribution in [0.4, 0.5) is 5.82 Å². The van der Waals surface area contributed by atoms with Crippen molar-refractivity contribution < 1.29 is 0 Å². The van der Waals surface area contributed by atoms with Crippen molar-refractivity contribution in [3.63, 3.8) is 0 Å². The number of nitrogens with zero attached hydrogens (tertiary/aromatic N) is 3. The van der Waals surface area contributed by atoms with Crippen molar-refractivity contribution in [2.75, 3.05) is 11.9 Å². The number of nitrogens with one attached hydrogen (secondary N) is 1. The zero-order chi connectivity index (χ0) is 12.7. The summed E-state index contributed by atoms with van der Waals surface area (Å²) >= 11 is 1.70. The maximum Gasteiger partial charge on any atom is 0.195 e. The Kier molecular flexibility index (Phi) is 3.03. The summed E-state index contributed by atoms with van der Waals surface area (Å²) in [5.74, 6) is 1.12. The van der Waals surface area contributed by atoms with E-state index >= 15 is 0 Å². The van der Waals surface area contributed by atoms with Gasteiger partial charge in [-0.2, -0.15) is 0 Å². The van der Waals surface area contributed by atoms with Crippen LogP contribution in [0.15, 0.2) is 11.6 Å². The van der Waals surface area contributed by atoms with Gasteiger partial charge >= 0.3 is 0 Å². The van der Waals surface area contributed by atoms with Gasteiger partial charge in [0.2, 0.25) is 0 Å². The smallest absolute Gasteiger partial charge is 0.195 e. The molecule has 0 amide bonds. The Hall–Kier alpha value is -1.07. The summed E-state index contributed by atoms with van der Waals surface area (Å²) in [6, 6.07) is 1.20. The topological polar surface area (TPSA) is 32.6 Å². The molecule has 5 heteroatoms. The van der Waals surface area contributed by atoms with Gasteiger partial charge < -0.3 is 10.2 Å². The van der Waals surface area contributed by atoms with Crippen LogP contribution in [0.1, 0.15) is 32.4 Å². The molecular weight excluding hydrogens is 244 g/mol. The summed E-state index contributed by atoms with van der Waals surface area (Å²) in [6.07, 6.45) is 4.76. The van der Waals surface area contributed by atoms with Gasteiger partial charge in [0.1, 0.15) is 0 Å². The van der Waals surface area contributed by atoms with E-state index in [1.165, 1.54) is 18.5 Å². The molecule has 1 N–H and O–H groups in total. The molecule has 2 heterocycles. The SMILES string of the molecule is CC(C)N(C)c1nc2sccn2c1CNC1CC1. The van der Waals surface area contributed by atoms with Gasteiger partial charge in [-0.25, -0.2) is 4.98 Å². The normalized spacial score (nSPS) is 15.8. The van der Waals surface area contributed by atoms with Crippen molar-refractivity contribution in [3.8, 4) is 0 Å². The molecule has 3 rings (SSSR count). The monoisotopic (exact) mass is 264 g/mol. The average molecular weight is 264 g/mol. The Morgan fingerprint density at radius 3 is 3.00 bits per heavy atom. The summed E-state index contributed by atoms with van der Waals surface area (Å²) in [5, 5.41) is 5.69. The zero-order valence-electron chi connectivity index (χ0n) is 11.2. The molecule has 0 bridgehead atoms. The highest BCUT2D eigenvalue weighted by atomic mass is 32.1. The fourth-order valence-corrected chi connectivity index (χ4v) is 2.77. The van der Waals surface area contributed by atoms with Crippen LogP contribution in [0.5, 0.6) is 0 Å². The second-order valence-corrected chi connectivity index (χ2v) is 6.17. The molecule has 0 aromatic carbocycles. The second-order valence-electron chi connectivity index (χ2n) is 5.30. The van der Waals surface area contributed by atoms with E-state index in [4.69, 9.17) is 4.98 Å². The number of thiazole rings is 1. The average Bonchev–Trinajstić information content (AvgIpc) is 2.94. The Morgan fingerprint density at radius 1 is 1.56 bits per heavy atom. The van der Waals surface area contributed by atoms with E-state index in [-0.39, 0.29) is 0 Å². The van der Waals surface area contributed by atoms with E-state index in [1.807, 2.05) is 0 Å². The molecule has 0 atom stereocenters. The van der Waals surface area contributed by atoms with Gasteiger partial charge in [0.25, 0.3) is 0 Å². The number of rotatable bonds is 5. The van der Waals surface area contributed by atoms with Crippen LogP contribution in [0.3, 0.4) is 0 Å². The van der Waals surface area contributed by atoms with Crippen LogP contribution < -0.4 is 10.2 Å². The van der Waals surface area contributed by atoms with E-state index in [0.717, 1.165) is 23.4 Å². The fraction of sp³-hybridized carbons (Fsp3) is 0.615. The van der Waals surface area contributed by atoms with E-state index in [0.29, 0.717) is 6.04 Å². The van der Waals surface area contributed by atoms with Crippen LogP contribution in [0, 0.1) is 0 Å². The van der Waals surface area contributed by atoms with Crippen molar-refractivity contribution in [1.82, 2.24) is 14.7 Å². The minimum atomic E-state index is 0.467. The zero-order valence-corrected chi connectivity index (χ0v) is 12.0. The summed E-state index contributed by atoms with van der Waals surface area (Å²) in [4.78, 5) is 8.10. The third-order valence-corrected chi connectivity index (χ3v) is 4.34. The van der Waals surface area contributed by atoms with Crippen LogP contribution in [0.2, 0.25) is 0 Å². The molecule has 0 spiro atoms. The Labute approximate surface area is 112 Å². The number of aromatic nitrogens is 2. The van der Waals surface area contributed by atoms with E-state index in [1.54, 1.807) is 11.3 Å². The van der Waals surface area contributed by atoms with Crippen molar-refractivity contribution in [3.05, 3.63) is 17.3 Å². The van der Waals surface area contributed by atoms with Crippen LogP contribution in [-0.4, -0.2) is 28.5 Å². The molecule has 0 unspecified atom stereocenters. The minimum Gasteiger partial charge on any atom is -0.356 e. The maximum atomic E-state index is 4.76. The minimum absolute atomic E-state index is 0.467. The largest absolute Gasteiger partial charge is 0.356 e. The molecule has 2 aromatic heterocycles. The van der Waals surface area contributed by atoms with Gasteiger partial charge in [-0.1, -0.05) is 0 Å². The molecule has 0 saturated heterocycles. The lowest BCUT2D eigenvalue weighted by atomic mass is 10.3. The fourth-order valence-electron chi connectivity index (χ4n) is 2.04. The molecule has 2 aromatic rings. The quantitative estimate of drug-likeness (QED) is 0.900. The summed E-state index contributed by atoms with van der Waals surface area (Å²) in [7, 11) is 2.12. The molecule has 98 valence electrons. The maximum absolute atomic E-state index is 4.76. The number of imidazole rings is 1. The van der Waals surface area contributed by atoms with Crippen molar-refractivity contribution in [1.29, 1.82) is 0 Å². The molecule has 1 fully saturated rings. The lowest BCUT2D eigenvalue weighted by molar-refractivity contribution is 0.662. The number of anilines is 1. The van der Waals surface area contributed by atoms with E-state index in [9.17, 15) is 0 Å². The van der Waals surface area contributed by atoms with Crippen molar-refractivity contribution in [2.24, 2.45) is 0 Å². The van der Waals surface area contributed by atoms with E-state index in [2.05, 4.69) is 47.1 Å². The molecule has 1 aliphatic rings. The molecule has 1 saturated carbocycles. The molecule has 0 radical (unpaired) electrons. The number of hydrogen-bond donors (Lipinski definition) is 1. The van der Waals surface area contributed by atoms with Crippen LogP contribution in [0.25, 0.3) is 4.96 Å². The molecule has 0 aliphatic heterocycles. The Morgan fingerprint density at radius 2 is 2.33 bits per heavy atom. The number of hydrogen-bond acceptors (Lipinski definition) is 4. The van der Waals surface area contributed by atoms with Crippen LogP contribution >= 0.6 is 11.3 Å². The highest BCUT2D eigenvalue weighted by molar-refractivity contribution is 7.15. The van der Waals surface area contributed by atoms with Gasteiger partial charge in [-0.3, -0.25) is 4.40 Å². The highest BCUT2D eigenvalue weighted by Gasteiger charge is 2.23. The van der Waals surface area contributed by atoms with E-state index < -0.39 is 0 Å². The number of fused-ring (bicyclic) bond motifs is 1. The van der Waals surface area contributed by atoms with Gasteiger partial charge in [0, 0.05) is 37.3 Å². The van der Waals surface area contributed by atoms with Gasteiger partial charge in [-0.15, -0.1) is 11.3 Å². The second kappa shape index (κ2) is 4.55. The third kappa shape index (κ3) is 2.12. The Bertz CT molecular complexity index is 538.